The largest absolute Gasteiger partial charge is 0.462 e. The number of hydrogen-bond acceptors (Lipinski definition) is 6. The molecule has 2 aliphatic rings. The van der Waals surface area contributed by atoms with Crippen LogP contribution in [0.2, 0.25) is 0 Å². The number of nitrogens with one attached hydrogen (secondary N) is 1. The molecule has 0 amide bonds. The summed E-state index contributed by atoms with van der Waals surface area (Å²) >= 11 is 0. The van der Waals surface area contributed by atoms with E-state index in [4.69, 9.17) is 4.74 Å². The molecular formula is C22H28N4O2. The highest BCUT2D eigenvalue weighted by atomic mass is 16.5. The molecule has 0 spiro atoms. The van der Waals surface area contributed by atoms with Gasteiger partial charge in [0.05, 0.1) is 17.9 Å². The SMILES string of the molecule is CCOC(=O)c1ccc2c(c1)-c1c(ncnc1NC1CCC(N(C)C)CC1)C2. The van der Waals surface area contributed by atoms with Crippen molar-refractivity contribution in [2.24, 2.45) is 0 Å². The quantitative estimate of drug-likeness (QED) is 0.683. The Morgan fingerprint density at radius 1 is 1.21 bits per heavy atom. The summed E-state index contributed by atoms with van der Waals surface area (Å²) in [6.45, 7) is 2.19. The molecule has 6 nitrogen and oxygen atoms in total. The Morgan fingerprint density at radius 2 is 2.00 bits per heavy atom. The number of esters is 1. The molecule has 148 valence electrons. The average Bonchev–Trinajstić information content (AvgIpc) is 3.07. The Hall–Kier alpha value is -2.47. The van der Waals surface area contributed by atoms with Gasteiger partial charge in [0, 0.05) is 24.1 Å². The second-order valence-electron chi connectivity index (χ2n) is 7.93. The van der Waals surface area contributed by atoms with E-state index in [0.717, 1.165) is 41.9 Å². The molecule has 4 rings (SSSR count). The average molecular weight is 380 g/mol. The van der Waals surface area contributed by atoms with Crippen molar-refractivity contribution in [3.8, 4) is 11.1 Å². The zero-order valence-corrected chi connectivity index (χ0v) is 16.9. The Morgan fingerprint density at radius 3 is 2.71 bits per heavy atom. The number of aromatic nitrogens is 2. The highest BCUT2D eigenvalue weighted by molar-refractivity contribution is 5.93. The molecule has 1 aromatic heterocycles. The lowest BCUT2D eigenvalue weighted by Gasteiger charge is -2.33. The molecule has 0 bridgehead atoms. The molecule has 0 saturated heterocycles. The molecule has 2 aliphatic carbocycles. The first-order valence-electron chi connectivity index (χ1n) is 10.1. The van der Waals surface area contributed by atoms with Crippen LogP contribution in [0.3, 0.4) is 0 Å². The van der Waals surface area contributed by atoms with Gasteiger partial charge in [0.15, 0.2) is 0 Å². The third-order valence-corrected chi connectivity index (χ3v) is 5.94. The van der Waals surface area contributed by atoms with Crippen LogP contribution < -0.4 is 5.32 Å². The van der Waals surface area contributed by atoms with Gasteiger partial charge in [-0.2, -0.15) is 0 Å². The van der Waals surface area contributed by atoms with E-state index in [1.165, 1.54) is 18.4 Å². The van der Waals surface area contributed by atoms with Crippen LogP contribution in [0, 0.1) is 0 Å². The normalized spacial score (nSPS) is 20.6. The Labute approximate surface area is 166 Å². The first-order valence-corrected chi connectivity index (χ1v) is 10.1. The van der Waals surface area contributed by atoms with E-state index >= 15 is 0 Å². The first kappa shape index (κ1) is 18.9. The second kappa shape index (κ2) is 7.87. The minimum atomic E-state index is -0.285. The maximum Gasteiger partial charge on any atom is 0.338 e. The molecule has 0 atom stereocenters. The van der Waals surface area contributed by atoms with E-state index < -0.39 is 0 Å². The summed E-state index contributed by atoms with van der Waals surface area (Å²) in [4.78, 5) is 23.6. The summed E-state index contributed by atoms with van der Waals surface area (Å²) in [6.07, 6.45) is 7.08. The molecule has 0 radical (unpaired) electrons. The Kier molecular flexibility index (Phi) is 5.31. The van der Waals surface area contributed by atoms with Crippen LogP contribution in [0.15, 0.2) is 24.5 Å². The number of anilines is 1. The van der Waals surface area contributed by atoms with Crippen LogP contribution >= 0.6 is 0 Å². The van der Waals surface area contributed by atoms with Gasteiger partial charge in [0.2, 0.25) is 0 Å². The fourth-order valence-electron chi connectivity index (χ4n) is 4.36. The van der Waals surface area contributed by atoms with Gasteiger partial charge in [-0.05, 0) is 70.0 Å². The van der Waals surface area contributed by atoms with Crippen LogP contribution in [0.1, 0.15) is 54.2 Å². The third-order valence-electron chi connectivity index (χ3n) is 5.94. The van der Waals surface area contributed by atoms with E-state index in [0.29, 0.717) is 24.3 Å². The van der Waals surface area contributed by atoms with E-state index in [2.05, 4.69) is 34.3 Å². The van der Waals surface area contributed by atoms with Crippen molar-refractivity contribution in [3.05, 3.63) is 41.3 Å². The topological polar surface area (TPSA) is 67.3 Å². The highest BCUT2D eigenvalue weighted by Gasteiger charge is 2.28. The number of rotatable bonds is 5. The lowest BCUT2D eigenvalue weighted by Crippen LogP contribution is -2.36. The van der Waals surface area contributed by atoms with Crippen molar-refractivity contribution in [3.63, 3.8) is 0 Å². The van der Waals surface area contributed by atoms with Crippen LogP contribution in [0.25, 0.3) is 11.1 Å². The fraction of sp³-hybridized carbons (Fsp3) is 0.500. The standard InChI is InChI=1S/C22H28N4O2/c1-4-28-22(27)15-6-5-14-12-19-20(18(14)11-15)21(24-13-23-19)25-16-7-9-17(10-8-16)26(2)3/h5-6,11,13,16-17H,4,7-10,12H2,1-3H3,(H,23,24,25). The van der Waals surface area contributed by atoms with Crippen molar-refractivity contribution in [2.75, 3.05) is 26.0 Å². The van der Waals surface area contributed by atoms with E-state index in [9.17, 15) is 4.79 Å². The summed E-state index contributed by atoms with van der Waals surface area (Å²) in [5.74, 6) is 0.602. The molecule has 1 saturated carbocycles. The van der Waals surface area contributed by atoms with Gasteiger partial charge in [0.1, 0.15) is 12.1 Å². The van der Waals surface area contributed by atoms with E-state index in [-0.39, 0.29) is 5.97 Å². The number of carbonyl (C=O) groups is 1. The smallest absolute Gasteiger partial charge is 0.338 e. The predicted octanol–water partition coefficient (Wildman–Crippen LogP) is 3.51. The zero-order valence-electron chi connectivity index (χ0n) is 16.9. The van der Waals surface area contributed by atoms with Crippen LogP contribution in [-0.2, 0) is 11.2 Å². The van der Waals surface area contributed by atoms with Crippen molar-refractivity contribution in [1.82, 2.24) is 14.9 Å². The lowest BCUT2D eigenvalue weighted by atomic mass is 9.90. The van der Waals surface area contributed by atoms with Gasteiger partial charge in [-0.15, -0.1) is 0 Å². The predicted molar refractivity (Wildman–Crippen MR) is 110 cm³/mol. The monoisotopic (exact) mass is 380 g/mol. The number of hydrogen-bond donors (Lipinski definition) is 1. The van der Waals surface area contributed by atoms with Gasteiger partial charge < -0.3 is 15.0 Å². The zero-order chi connectivity index (χ0) is 19.7. The minimum absolute atomic E-state index is 0.285. The second-order valence-corrected chi connectivity index (χ2v) is 7.93. The van der Waals surface area contributed by atoms with Gasteiger partial charge >= 0.3 is 5.97 Å². The van der Waals surface area contributed by atoms with Crippen LogP contribution in [-0.4, -0.2) is 53.6 Å². The third kappa shape index (κ3) is 3.61. The molecule has 1 fully saturated rings. The maximum atomic E-state index is 12.2. The van der Waals surface area contributed by atoms with Gasteiger partial charge in [-0.3, -0.25) is 0 Å². The molecule has 6 heteroatoms. The van der Waals surface area contributed by atoms with Crippen LogP contribution in [0.5, 0.6) is 0 Å². The summed E-state index contributed by atoms with van der Waals surface area (Å²) in [7, 11) is 4.32. The lowest BCUT2D eigenvalue weighted by molar-refractivity contribution is 0.0526. The van der Waals surface area contributed by atoms with E-state index in [1.807, 2.05) is 25.1 Å². The molecule has 1 aromatic carbocycles. The molecule has 2 aromatic rings. The summed E-state index contributed by atoms with van der Waals surface area (Å²) in [5, 5.41) is 3.67. The van der Waals surface area contributed by atoms with E-state index in [1.54, 1.807) is 6.33 Å². The molecule has 0 unspecified atom stereocenters. The van der Waals surface area contributed by atoms with Gasteiger partial charge in [0.25, 0.3) is 0 Å². The Bertz CT molecular complexity index is 873. The molecular weight excluding hydrogens is 352 g/mol. The number of ether oxygens (including phenoxy) is 1. The van der Waals surface area contributed by atoms with Crippen molar-refractivity contribution >= 4 is 11.8 Å². The van der Waals surface area contributed by atoms with Crippen molar-refractivity contribution in [2.45, 2.75) is 51.1 Å². The Balaban J connectivity index is 1.58. The molecule has 1 heterocycles. The molecule has 28 heavy (non-hydrogen) atoms. The van der Waals surface area contributed by atoms with Crippen molar-refractivity contribution in [1.29, 1.82) is 0 Å². The van der Waals surface area contributed by atoms with Crippen LogP contribution in [0.4, 0.5) is 5.82 Å². The number of fused-ring (bicyclic) bond motifs is 3. The number of carbonyl (C=O) groups excluding carboxylic acids is 1. The molecule has 0 aliphatic heterocycles. The summed E-state index contributed by atoms with van der Waals surface area (Å²) < 4.78 is 5.17. The van der Waals surface area contributed by atoms with Crippen molar-refractivity contribution < 1.29 is 9.53 Å². The van der Waals surface area contributed by atoms with Gasteiger partial charge in [-0.25, -0.2) is 14.8 Å². The van der Waals surface area contributed by atoms with Gasteiger partial charge in [-0.1, -0.05) is 6.07 Å². The fourth-order valence-corrected chi connectivity index (χ4v) is 4.36. The minimum Gasteiger partial charge on any atom is -0.462 e. The number of benzene rings is 1. The summed E-state index contributed by atoms with van der Waals surface area (Å²) in [5.41, 5.74) is 4.87. The first-order chi connectivity index (χ1) is 13.6. The summed E-state index contributed by atoms with van der Waals surface area (Å²) in [6, 6.07) is 6.87. The maximum absolute atomic E-state index is 12.2. The highest BCUT2D eigenvalue weighted by Crippen LogP contribution is 2.40. The molecule has 1 N–H and O–H groups in total. The number of nitrogens with zero attached hydrogens (tertiary/aromatic N) is 3.